The van der Waals surface area contributed by atoms with E-state index in [1.807, 2.05) is 0 Å². The average Bonchev–Trinajstić information content (AvgIpc) is 2.44. The van der Waals surface area contributed by atoms with Gasteiger partial charge in [-0.25, -0.2) is 8.78 Å². The Hall–Kier alpha value is -1.04. The number of ether oxygens (including phenoxy) is 1. The summed E-state index contributed by atoms with van der Waals surface area (Å²) in [5.74, 6) is 4.78. The largest absolute Gasteiger partial charge is 0.379 e. The molecule has 112 valence electrons. The number of methoxy groups -OCH3 is 1. The van der Waals surface area contributed by atoms with E-state index in [0.717, 1.165) is 18.9 Å². The Morgan fingerprint density at radius 2 is 1.75 bits per heavy atom. The maximum atomic E-state index is 13.4. The second-order valence-electron chi connectivity index (χ2n) is 5.45. The van der Waals surface area contributed by atoms with E-state index in [-0.39, 0.29) is 6.10 Å². The SMILES string of the molecule is COC(C1CCCCC1)C(NN)c1cc(F)cc(F)c1. The van der Waals surface area contributed by atoms with Crippen LogP contribution in [0.2, 0.25) is 0 Å². The van der Waals surface area contributed by atoms with Crippen LogP contribution < -0.4 is 11.3 Å². The summed E-state index contributed by atoms with van der Waals surface area (Å²) in [5.41, 5.74) is 3.15. The van der Waals surface area contributed by atoms with Crippen molar-refractivity contribution in [3.8, 4) is 0 Å². The molecule has 0 aliphatic heterocycles. The van der Waals surface area contributed by atoms with E-state index in [4.69, 9.17) is 10.6 Å². The topological polar surface area (TPSA) is 47.3 Å². The highest BCUT2D eigenvalue weighted by Crippen LogP contribution is 2.34. The van der Waals surface area contributed by atoms with Crippen molar-refractivity contribution in [1.82, 2.24) is 5.43 Å². The van der Waals surface area contributed by atoms with Crippen molar-refractivity contribution >= 4 is 0 Å². The number of rotatable bonds is 5. The minimum Gasteiger partial charge on any atom is -0.379 e. The zero-order chi connectivity index (χ0) is 14.5. The zero-order valence-electron chi connectivity index (χ0n) is 11.7. The summed E-state index contributed by atoms with van der Waals surface area (Å²) in [5, 5.41) is 0. The highest BCUT2D eigenvalue weighted by molar-refractivity contribution is 5.22. The molecule has 1 aliphatic carbocycles. The van der Waals surface area contributed by atoms with Crippen LogP contribution in [0.3, 0.4) is 0 Å². The molecule has 0 spiro atoms. The molecule has 1 aromatic carbocycles. The Morgan fingerprint density at radius 1 is 1.15 bits per heavy atom. The third-order valence-corrected chi connectivity index (χ3v) is 4.14. The molecule has 0 aromatic heterocycles. The Bertz CT molecular complexity index is 416. The number of hydrogen-bond donors (Lipinski definition) is 2. The number of hydrogen-bond acceptors (Lipinski definition) is 3. The standard InChI is InChI=1S/C15H22F2N2O/c1-20-15(10-5-3-2-4-6-10)14(19-18)11-7-12(16)9-13(17)8-11/h7-10,14-15,19H,2-6,18H2,1H3. The van der Waals surface area contributed by atoms with Gasteiger partial charge in [0.2, 0.25) is 0 Å². The van der Waals surface area contributed by atoms with Crippen LogP contribution in [-0.2, 0) is 4.74 Å². The Balaban J connectivity index is 2.23. The van der Waals surface area contributed by atoms with Gasteiger partial charge in [-0.3, -0.25) is 11.3 Å². The first-order chi connectivity index (χ1) is 9.65. The summed E-state index contributed by atoms with van der Waals surface area (Å²) in [7, 11) is 1.62. The molecule has 3 nitrogen and oxygen atoms in total. The number of hydrazine groups is 1. The second-order valence-corrected chi connectivity index (χ2v) is 5.45. The molecule has 0 bridgehead atoms. The Morgan fingerprint density at radius 3 is 2.25 bits per heavy atom. The van der Waals surface area contributed by atoms with Gasteiger partial charge in [-0.05, 0) is 36.5 Å². The third-order valence-electron chi connectivity index (χ3n) is 4.14. The lowest BCUT2D eigenvalue weighted by molar-refractivity contribution is 0.00737. The maximum Gasteiger partial charge on any atom is 0.126 e. The first-order valence-corrected chi connectivity index (χ1v) is 7.10. The summed E-state index contributed by atoms with van der Waals surface area (Å²) in [4.78, 5) is 0. The Labute approximate surface area is 118 Å². The van der Waals surface area contributed by atoms with E-state index in [9.17, 15) is 8.78 Å². The van der Waals surface area contributed by atoms with Gasteiger partial charge in [-0.1, -0.05) is 19.3 Å². The summed E-state index contributed by atoms with van der Waals surface area (Å²) in [6, 6.07) is 3.07. The number of halogens is 2. The fourth-order valence-corrected chi connectivity index (χ4v) is 3.20. The van der Waals surface area contributed by atoms with Gasteiger partial charge in [0.05, 0.1) is 12.1 Å². The van der Waals surface area contributed by atoms with Crippen molar-refractivity contribution < 1.29 is 13.5 Å². The molecule has 1 aliphatic rings. The molecule has 1 saturated carbocycles. The van der Waals surface area contributed by atoms with Crippen LogP contribution in [0.25, 0.3) is 0 Å². The van der Waals surface area contributed by atoms with Gasteiger partial charge in [0, 0.05) is 13.2 Å². The van der Waals surface area contributed by atoms with Gasteiger partial charge >= 0.3 is 0 Å². The van der Waals surface area contributed by atoms with Crippen molar-refractivity contribution in [2.24, 2.45) is 11.8 Å². The van der Waals surface area contributed by atoms with Crippen molar-refractivity contribution in [2.45, 2.75) is 44.2 Å². The number of benzene rings is 1. The fraction of sp³-hybridized carbons (Fsp3) is 0.600. The molecule has 1 aromatic rings. The van der Waals surface area contributed by atoms with Gasteiger partial charge in [0.1, 0.15) is 11.6 Å². The fourth-order valence-electron chi connectivity index (χ4n) is 3.20. The highest BCUT2D eigenvalue weighted by Gasteiger charge is 2.31. The van der Waals surface area contributed by atoms with E-state index >= 15 is 0 Å². The lowest BCUT2D eigenvalue weighted by Crippen LogP contribution is -2.42. The first kappa shape index (κ1) is 15.4. The molecule has 0 heterocycles. The quantitative estimate of drug-likeness (QED) is 0.645. The number of nitrogens with one attached hydrogen (secondary N) is 1. The molecule has 0 saturated heterocycles. The van der Waals surface area contributed by atoms with Crippen molar-refractivity contribution in [1.29, 1.82) is 0 Å². The van der Waals surface area contributed by atoms with E-state index in [1.165, 1.54) is 31.4 Å². The minimum atomic E-state index is -0.598. The van der Waals surface area contributed by atoms with E-state index < -0.39 is 17.7 Å². The molecule has 20 heavy (non-hydrogen) atoms. The molecule has 0 amide bonds. The maximum absolute atomic E-state index is 13.4. The predicted octanol–water partition coefficient (Wildman–Crippen LogP) is 3.06. The van der Waals surface area contributed by atoms with Crippen LogP contribution in [0, 0.1) is 17.6 Å². The minimum absolute atomic E-state index is 0.179. The lowest BCUT2D eigenvalue weighted by atomic mass is 9.81. The van der Waals surface area contributed by atoms with Gasteiger partial charge in [0.25, 0.3) is 0 Å². The van der Waals surface area contributed by atoms with Crippen LogP contribution in [0.5, 0.6) is 0 Å². The predicted molar refractivity (Wildman–Crippen MR) is 73.8 cm³/mol. The van der Waals surface area contributed by atoms with Crippen LogP contribution in [0.1, 0.15) is 43.7 Å². The molecule has 2 unspecified atom stereocenters. The molecular weight excluding hydrogens is 262 g/mol. The van der Waals surface area contributed by atoms with Crippen molar-refractivity contribution in [2.75, 3.05) is 7.11 Å². The monoisotopic (exact) mass is 284 g/mol. The zero-order valence-corrected chi connectivity index (χ0v) is 11.7. The summed E-state index contributed by atoms with van der Waals surface area (Å²) >= 11 is 0. The lowest BCUT2D eigenvalue weighted by Gasteiger charge is -2.34. The van der Waals surface area contributed by atoms with Gasteiger partial charge < -0.3 is 4.74 Å². The molecule has 0 radical (unpaired) electrons. The van der Waals surface area contributed by atoms with Gasteiger partial charge in [-0.2, -0.15) is 0 Å². The highest BCUT2D eigenvalue weighted by atomic mass is 19.1. The van der Waals surface area contributed by atoms with Crippen molar-refractivity contribution in [3.05, 3.63) is 35.4 Å². The second kappa shape index (κ2) is 7.11. The normalized spacial score (nSPS) is 19.8. The first-order valence-electron chi connectivity index (χ1n) is 7.10. The van der Waals surface area contributed by atoms with Crippen LogP contribution in [0.4, 0.5) is 8.78 Å². The number of nitrogens with two attached hydrogens (primary N) is 1. The van der Waals surface area contributed by atoms with E-state index in [2.05, 4.69) is 5.43 Å². The van der Waals surface area contributed by atoms with Gasteiger partial charge in [0.15, 0.2) is 0 Å². The Kier molecular flexibility index (Phi) is 5.46. The smallest absolute Gasteiger partial charge is 0.126 e. The molecule has 2 rings (SSSR count). The summed E-state index contributed by atoms with van der Waals surface area (Å²) in [6.45, 7) is 0. The van der Waals surface area contributed by atoms with E-state index in [0.29, 0.717) is 11.5 Å². The molecule has 1 fully saturated rings. The van der Waals surface area contributed by atoms with Gasteiger partial charge in [-0.15, -0.1) is 0 Å². The summed E-state index contributed by atoms with van der Waals surface area (Å²) < 4.78 is 32.4. The molecule has 3 N–H and O–H groups in total. The van der Waals surface area contributed by atoms with Crippen molar-refractivity contribution in [3.63, 3.8) is 0 Å². The third kappa shape index (κ3) is 3.53. The molecular formula is C15H22F2N2O. The van der Waals surface area contributed by atoms with Crippen LogP contribution >= 0.6 is 0 Å². The average molecular weight is 284 g/mol. The van der Waals surface area contributed by atoms with Crippen LogP contribution in [-0.4, -0.2) is 13.2 Å². The molecule has 2 atom stereocenters. The van der Waals surface area contributed by atoms with Crippen LogP contribution in [0.15, 0.2) is 18.2 Å². The molecule has 5 heteroatoms. The summed E-state index contributed by atoms with van der Waals surface area (Å²) in [6.07, 6.45) is 5.52. The van der Waals surface area contributed by atoms with E-state index in [1.54, 1.807) is 7.11 Å².